The van der Waals surface area contributed by atoms with E-state index in [9.17, 15) is 0 Å². The lowest BCUT2D eigenvalue weighted by Gasteiger charge is -2.27. The van der Waals surface area contributed by atoms with Gasteiger partial charge in [-0.2, -0.15) is 9.90 Å². The third kappa shape index (κ3) is 4.79. The molecule has 0 saturated carbocycles. The molecule has 0 aromatic heterocycles. The molecule has 0 amide bonds. The van der Waals surface area contributed by atoms with E-state index in [4.69, 9.17) is 0 Å². The van der Waals surface area contributed by atoms with Gasteiger partial charge in [0.2, 0.25) is 0 Å². The summed E-state index contributed by atoms with van der Waals surface area (Å²) in [6.07, 6.45) is 3.72. The Morgan fingerprint density at radius 2 is 0.920 bits per heavy atom. The van der Waals surface area contributed by atoms with Crippen molar-refractivity contribution in [1.82, 2.24) is 0 Å². The summed E-state index contributed by atoms with van der Waals surface area (Å²) in [6.45, 7) is 2.29. The Kier molecular flexibility index (Phi) is 9.58. The molecule has 0 aliphatic heterocycles. The largest absolute Gasteiger partial charge is 0.153 e. The Morgan fingerprint density at radius 1 is 0.600 bits per heavy atom. The van der Waals surface area contributed by atoms with Crippen LogP contribution in [0.25, 0.3) is 0 Å². The molecule has 0 saturated heterocycles. The van der Waals surface area contributed by atoms with Gasteiger partial charge in [0.15, 0.2) is 0 Å². The molecule has 0 fully saturated rings. The summed E-state index contributed by atoms with van der Waals surface area (Å²) in [4.78, 5) is 0. The van der Waals surface area contributed by atoms with Crippen LogP contribution in [0.4, 0.5) is 0 Å². The lowest BCUT2D eigenvalue weighted by molar-refractivity contribution is 0.891. The zero-order valence-corrected chi connectivity index (χ0v) is 18.9. The van der Waals surface area contributed by atoms with Crippen LogP contribution in [0.5, 0.6) is 0 Å². The maximum absolute atomic E-state index is 2.32. The van der Waals surface area contributed by atoms with Gasteiger partial charge < -0.3 is 0 Å². The highest BCUT2D eigenvalue weighted by Gasteiger charge is 2.44. The third-order valence-corrected chi connectivity index (χ3v) is 8.96. The van der Waals surface area contributed by atoms with Crippen LogP contribution in [0.2, 0.25) is 0 Å². The molecule has 1 unspecified atom stereocenters. The van der Waals surface area contributed by atoms with Crippen molar-refractivity contribution in [2.75, 3.05) is 6.16 Å². The molecule has 3 rings (SSSR count). The van der Waals surface area contributed by atoms with Crippen molar-refractivity contribution in [3.8, 4) is 0 Å². The van der Waals surface area contributed by atoms with Crippen LogP contribution < -0.4 is 15.9 Å². The predicted octanol–water partition coefficient (Wildman–Crippen LogP) is 5.42. The second-order valence-corrected chi connectivity index (χ2v) is 9.51. The van der Waals surface area contributed by atoms with Crippen molar-refractivity contribution in [2.24, 2.45) is 0 Å². The third-order valence-electron chi connectivity index (χ3n) is 4.44. The van der Waals surface area contributed by atoms with Crippen molar-refractivity contribution in [3.05, 3.63) is 91.0 Å². The summed E-state index contributed by atoms with van der Waals surface area (Å²) in [5.41, 5.74) is 0. The highest BCUT2D eigenvalue weighted by atomic mass is 79.9. The van der Waals surface area contributed by atoms with Crippen molar-refractivity contribution in [1.29, 1.82) is 0 Å². The Morgan fingerprint density at radius 3 is 1.20 bits per heavy atom. The lowest BCUT2D eigenvalue weighted by Crippen LogP contribution is -2.33. The molecule has 0 spiro atoms. The van der Waals surface area contributed by atoms with Crippen molar-refractivity contribution < 1.29 is 0 Å². The van der Waals surface area contributed by atoms with E-state index >= 15 is 0 Å². The summed E-state index contributed by atoms with van der Waals surface area (Å²) in [5.74, 6) is 0. The minimum Gasteiger partial charge on any atom is -0.153 e. The fourth-order valence-electron chi connectivity index (χ4n) is 3.28. The number of rotatable bonds is 6. The monoisotopic (exact) mass is 433 g/mol. The molecule has 132 valence electrons. The first-order valence-electron chi connectivity index (χ1n) is 8.43. The average molecular weight is 434 g/mol. The molecule has 1 atom stereocenters. The summed E-state index contributed by atoms with van der Waals surface area (Å²) < 4.78 is 0. The smallest absolute Gasteiger partial charge is 0.112 e. The van der Waals surface area contributed by atoms with Crippen LogP contribution in [0.3, 0.4) is 0 Å². The standard InChI is InChI=1S/C22H24P.BrH.H3P/c1-2-3-19-23(20-13-7-4-8-14-20,21-15-9-5-10-16-21)22-17-11-6-12-18-22;;/h4-18H,2-3,19H2,1H3;1H;1H3/q+1;;. The first-order chi connectivity index (χ1) is 11.4. The van der Waals surface area contributed by atoms with Crippen LogP contribution in [0.15, 0.2) is 91.0 Å². The Hall–Kier alpha value is -1.000. The van der Waals surface area contributed by atoms with Gasteiger partial charge in [-0.3, -0.25) is 0 Å². The van der Waals surface area contributed by atoms with E-state index < -0.39 is 7.26 Å². The van der Waals surface area contributed by atoms with Gasteiger partial charge in [0.25, 0.3) is 0 Å². The van der Waals surface area contributed by atoms with Gasteiger partial charge in [0.05, 0.1) is 6.16 Å². The number of unbranched alkanes of at least 4 members (excludes halogenated alkanes) is 1. The lowest BCUT2D eigenvalue weighted by atomic mass is 10.3. The number of benzene rings is 3. The van der Waals surface area contributed by atoms with Crippen molar-refractivity contribution >= 4 is 50.1 Å². The Bertz CT molecular complexity index is 618. The van der Waals surface area contributed by atoms with E-state index in [0.29, 0.717) is 0 Å². The van der Waals surface area contributed by atoms with E-state index in [1.54, 1.807) is 0 Å². The molecule has 3 aromatic rings. The molecule has 0 nitrogen and oxygen atoms in total. The minimum absolute atomic E-state index is 0. The van der Waals surface area contributed by atoms with E-state index in [0.717, 1.165) is 0 Å². The fraction of sp³-hybridized carbons (Fsp3) is 0.182. The summed E-state index contributed by atoms with van der Waals surface area (Å²) in [7, 11) is -1.57. The maximum atomic E-state index is 2.32. The molecule has 25 heavy (non-hydrogen) atoms. The number of hydrogen-bond donors (Lipinski definition) is 0. The van der Waals surface area contributed by atoms with Crippen LogP contribution in [-0.2, 0) is 0 Å². The van der Waals surface area contributed by atoms with Gasteiger partial charge in [0, 0.05) is 0 Å². The summed E-state index contributed by atoms with van der Waals surface area (Å²) in [5, 5.41) is 4.47. The van der Waals surface area contributed by atoms with Gasteiger partial charge in [0.1, 0.15) is 23.2 Å². The first-order valence-corrected chi connectivity index (χ1v) is 10.4. The highest BCUT2D eigenvalue weighted by Crippen LogP contribution is 2.55. The number of halogens is 1. The van der Waals surface area contributed by atoms with Gasteiger partial charge >= 0.3 is 0 Å². The molecule has 0 bridgehead atoms. The molecule has 0 radical (unpaired) electrons. The molecule has 3 aromatic carbocycles. The molecule has 0 heterocycles. The van der Waals surface area contributed by atoms with Crippen molar-refractivity contribution in [2.45, 2.75) is 19.8 Å². The Labute approximate surface area is 166 Å². The minimum atomic E-state index is -1.57. The van der Waals surface area contributed by atoms with Gasteiger partial charge in [-0.05, 0) is 42.8 Å². The Balaban J connectivity index is 0.00000156. The van der Waals surface area contributed by atoms with Gasteiger partial charge in [-0.15, -0.1) is 17.0 Å². The van der Waals surface area contributed by atoms with E-state index in [2.05, 4.69) is 97.9 Å². The molecule has 0 N–H and O–H groups in total. The topological polar surface area (TPSA) is 0 Å². The zero-order valence-electron chi connectivity index (χ0n) is 14.8. The number of hydrogen-bond acceptors (Lipinski definition) is 0. The quantitative estimate of drug-likeness (QED) is 0.455. The van der Waals surface area contributed by atoms with Gasteiger partial charge in [-0.25, -0.2) is 0 Å². The maximum Gasteiger partial charge on any atom is 0.112 e. The van der Waals surface area contributed by atoms with Crippen LogP contribution in [-0.4, -0.2) is 6.16 Å². The second kappa shape index (κ2) is 10.9. The highest BCUT2D eigenvalue weighted by molar-refractivity contribution is 8.93. The van der Waals surface area contributed by atoms with Crippen molar-refractivity contribution in [3.63, 3.8) is 0 Å². The second-order valence-electron chi connectivity index (χ2n) is 5.89. The van der Waals surface area contributed by atoms with Gasteiger partial charge in [-0.1, -0.05) is 67.9 Å². The molecule has 3 heteroatoms. The average Bonchev–Trinajstić information content (AvgIpc) is 2.65. The zero-order chi connectivity index (χ0) is 16.0. The van der Waals surface area contributed by atoms with E-state index in [1.807, 2.05) is 0 Å². The van der Waals surface area contributed by atoms with E-state index in [-0.39, 0.29) is 26.9 Å². The molecule has 0 aliphatic rings. The van der Waals surface area contributed by atoms with Crippen LogP contribution >= 0.6 is 34.1 Å². The SMILES string of the molecule is Br.CCCC[P+](c1ccccc1)(c1ccccc1)c1ccccc1.P. The van der Waals surface area contributed by atoms with E-state index in [1.165, 1.54) is 34.9 Å². The first kappa shape index (κ1) is 22.0. The molecular formula is C22H28BrP2+. The van der Waals surface area contributed by atoms with Crippen LogP contribution in [0, 0.1) is 0 Å². The predicted molar refractivity (Wildman–Crippen MR) is 126 cm³/mol. The van der Waals surface area contributed by atoms with Crippen LogP contribution in [0.1, 0.15) is 19.8 Å². The summed E-state index contributed by atoms with van der Waals surface area (Å²) in [6, 6.07) is 33.4. The summed E-state index contributed by atoms with van der Waals surface area (Å²) >= 11 is 0. The normalized spacial score (nSPS) is 10.4. The fourth-order valence-corrected chi connectivity index (χ4v) is 7.78. The molecule has 0 aliphatic carbocycles. The molecular weight excluding hydrogens is 406 g/mol.